The second-order valence-corrected chi connectivity index (χ2v) is 5.06. The Morgan fingerprint density at radius 1 is 1.24 bits per heavy atom. The molecule has 2 aromatic rings. The van der Waals surface area contributed by atoms with E-state index in [2.05, 4.69) is 10.6 Å². The van der Waals surface area contributed by atoms with Gasteiger partial charge in [-0.05, 0) is 42.3 Å². The summed E-state index contributed by atoms with van der Waals surface area (Å²) >= 11 is 5.85. The molecule has 0 radical (unpaired) electrons. The summed E-state index contributed by atoms with van der Waals surface area (Å²) in [6, 6.07) is 12.6. The van der Waals surface area contributed by atoms with Gasteiger partial charge in [0.1, 0.15) is 5.82 Å². The average molecular weight is 307 g/mol. The number of anilines is 1. The molecule has 2 N–H and O–H groups in total. The zero-order valence-corrected chi connectivity index (χ0v) is 12.3. The number of rotatable bonds is 4. The fourth-order valence-corrected chi connectivity index (χ4v) is 2.13. The number of benzene rings is 2. The third-order valence-corrected chi connectivity index (χ3v) is 3.32. The first kappa shape index (κ1) is 15.3. The Morgan fingerprint density at radius 2 is 1.95 bits per heavy atom. The number of hydrogen-bond acceptors (Lipinski definition) is 1. The molecule has 0 unspecified atom stereocenters. The minimum absolute atomic E-state index is 0.129. The van der Waals surface area contributed by atoms with E-state index in [9.17, 15) is 9.18 Å². The zero-order valence-electron chi connectivity index (χ0n) is 11.6. The number of carbonyl (C=O) groups is 1. The number of halogens is 2. The van der Waals surface area contributed by atoms with Crippen molar-refractivity contribution in [3.8, 4) is 0 Å². The van der Waals surface area contributed by atoms with Gasteiger partial charge in [-0.15, -0.1) is 0 Å². The van der Waals surface area contributed by atoms with Crippen molar-refractivity contribution in [2.24, 2.45) is 0 Å². The quantitative estimate of drug-likeness (QED) is 0.840. The Morgan fingerprint density at radius 3 is 2.57 bits per heavy atom. The van der Waals surface area contributed by atoms with E-state index in [4.69, 9.17) is 11.6 Å². The fourth-order valence-electron chi connectivity index (χ4n) is 2.01. The highest BCUT2D eigenvalue weighted by Crippen LogP contribution is 2.19. The van der Waals surface area contributed by atoms with Crippen LogP contribution in [0.2, 0.25) is 5.02 Å². The summed E-state index contributed by atoms with van der Waals surface area (Å²) < 4.78 is 13.1. The summed E-state index contributed by atoms with van der Waals surface area (Å²) in [7, 11) is 0. The Bertz CT molecular complexity index is 616. The Labute approximate surface area is 128 Å². The van der Waals surface area contributed by atoms with Crippen LogP contribution in [0.25, 0.3) is 0 Å². The highest BCUT2D eigenvalue weighted by Gasteiger charge is 2.12. The van der Waals surface area contributed by atoms with Gasteiger partial charge in [-0.1, -0.05) is 36.7 Å². The standard InChI is InChI=1S/C16H16ClFN2O/c1-2-15(11-6-8-12(17)9-7-11)20-16(21)19-14-5-3-4-13(18)10-14/h3-10,15H,2H2,1H3,(H2,19,20,21)/t15-/m0/s1. The van der Waals surface area contributed by atoms with Gasteiger partial charge in [-0.2, -0.15) is 0 Å². The summed E-state index contributed by atoms with van der Waals surface area (Å²) in [6.07, 6.45) is 0.734. The average Bonchev–Trinajstić information content (AvgIpc) is 2.46. The molecule has 1 atom stereocenters. The van der Waals surface area contributed by atoms with Crippen molar-refractivity contribution in [3.63, 3.8) is 0 Å². The van der Waals surface area contributed by atoms with Crippen LogP contribution < -0.4 is 10.6 Å². The molecular weight excluding hydrogens is 291 g/mol. The lowest BCUT2D eigenvalue weighted by molar-refractivity contribution is 0.248. The summed E-state index contributed by atoms with van der Waals surface area (Å²) in [4.78, 5) is 12.0. The number of urea groups is 1. The molecule has 0 aromatic heterocycles. The molecule has 0 aliphatic carbocycles. The molecule has 2 amide bonds. The number of amides is 2. The Kier molecular flexibility index (Phi) is 5.17. The van der Waals surface area contributed by atoms with Crippen molar-refractivity contribution in [2.75, 3.05) is 5.32 Å². The molecule has 3 nitrogen and oxygen atoms in total. The van der Waals surface area contributed by atoms with Crippen molar-refractivity contribution in [1.82, 2.24) is 5.32 Å². The summed E-state index contributed by atoms with van der Waals surface area (Å²) in [5.74, 6) is -0.391. The molecular formula is C16H16ClFN2O. The molecule has 0 bridgehead atoms. The van der Waals surface area contributed by atoms with Gasteiger partial charge >= 0.3 is 6.03 Å². The van der Waals surface area contributed by atoms with Crippen LogP contribution in [0.15, 0.2) is 48.5 Å². The van der Waals surface area contributed by atoms with Crippen LogP contribution in [0.1, 0.15) is 24.9 Å². The van der Waals surface area contributed by atoms with Gasteiger partial charge in [0.2, 0.25) is 0 Å². The van der Waals surface area contributed by atoms with Crippen LogP contribution >= 0.6 is 11.6 Å². The summed E-state index contributed by atoms with van der Waals surface area (Å²) in [6.45, 7) is 1.97. The van der Waals surface area contributed by atoms with E-state index in [0.29, 0.717) is 10.7 Å². The van der Waals surface area contributed by atoms with Gasteiger partial charge in [0.15, 0.2) is 0 Å². The predicted molar refractivity (Wildman–Crippen MR) is 83.0 cm³/mol. The molecule has 0 aliphatic rings. The molecule has 0 fully saturated rings. The Hall–Kier alpha value is -2.07. The molecule has 2 aromatic carbocycles. The molecule has 0 heterocycles. The van der Waals surface area contributed by atoms with E-state index in [0.717, 1.165) is 12.0 Å². The highest BCUT2D eigenvalue weighted by molar-refractivity contribution is 6.30. The van der Waals surface area contributed by atoms with Crippen LogP contribution in [-0.2, 0) is 0 Å². The first-order valence-corrected chi connectivity index (χ1v) is 7.05. The predicted octanol–water partition coefficient (Wildman–Crippen LogP) is 4.75. The van der Waals surface area contributed by atoms with E-state index in [1.807, 2.05) is 19.1 Å². The number of hydrogen-bond donors (Lipinski definition) is 2. The van der Waals surface area contributed by atoms with E-state index >= 15 is 0 Å². The fraction of sp³-hybridized carbons (Fsp3) is 0.188. The smallest absolute Gasteiger partial charge is 0.319 e. The molecule has 0 spiro atoms. The van der Waals surface area contributed by atoms with E-state index < -0.39 is 5.82 Å². The lowest BCUT2D eigenvalue weighted by Crippen LogP contribution is -2.32. The van der Waals surface area contributed by atoms with Crippen molar-refractivity contribution in [1.29, 1.82) is 0 Å². The maximum Gasteiger partial charge on any atom is 0.319 e. The number of carbonyl (C=O) groups excluding carboxylic acids is 1. The Balaban J connectivity index is 2.01. The molecule has 0 saturated carbocycles. The molecule has 5 heteroatoms. The van der Waals surface area contributed by atoms with E-state index in [1.54, 1.807) is 24.3 Å². The van der Waals surface area contributed by atoms with Gasteiger partial charge in [0.05, 0.1) is 6.04 Å². The van der Waals surface area contributed by atoms with Crippen molar-refractivity contribution >= 4 is 23.3 Å². The summed E-state index contributed by atoms with van der Waals surface area (Å²) in [5.41, 5.74) is 1.38. The topological polar surface area (TPSA) is 41.1 Å². The first-order chi connectivity index (χ1) is 10.1. The van der Waals surface area contributed by atoms with Crippen LogP contribution in [-0.4, -0.2) is 6.03 Å². The maximum absolute atomic E-state index is 13.1. The molecule has 0 saturated heterocycles. The summed E-state index contributed by atoms with van der Waals surface area (Å²) in [5, 5.41) is 6.12. The molecule has 0 aliphatic heterocycles. The highest BCUT2D eigenvalue weighted by atomic mass is 35.5. The monoisotopic (exact) mass is 306 g/mol. The third kappa shape index (κ3) is 4.46. The van der Waals surface area contributed by atoms with Crippen LogP contribution in [0.3, 0.4) is 0 Å². The maximum atomic E-state index is 13.1. The SMILES string of the molecule is CC[C@H](NC(=O)Nc1cccc(F)c1)c1ccc(Cl)cc1. The van der Waals surface area contributed by atoms with Crippen molar-refractivity contribution < 1.29 is 9.18 Å². The van der Waals surface area contributed by atoms with Gasteiger partial charge < -0.3 is 10.6 Å². The minimum atomic E-state index is -0.391. The molecule has 21 heavy (non-hydrogen) atoms. The van der Waals surface area contributed by atoms with Crippen molar-refractivity contribution in [2.45, 2.75) is 19.4 Å². The second-order valence-electron chi connectivity index (χ2n) is 4.62. The van der Waals surface area contributed by atoms with Crippen molar-refractivity contribution in [3.05, 3.63) is 64.9 Å². The minimum Gasteiger partial charge on any atom is -0.331 e. The number of nitrogens with one attached hydrogen (secondary N) is 2. The van der Waals surface area contributed by atoms with Gasteiger partial charge in [-0.25, -0.2) is 9.18 Å². The largest absolute Gasteiger partial charge is 0.331 e. The van der Waals surface area contributed by atoms with E-state index in [-0.39, 0.29) is 12.1 Å². The lowest BCUT2D eigenvalue weighted by Gasteiger charge is -2.18. The normalized spacial score (nSPS) is 11.8. The van der Waals surface area contributed by atoms with Gasteiger partial charge in [0.25, 0.3) is 0 Å². The molecule has 110 valence electrons. The van der Waals surface area contributed by atoms with Crippen LogP contribution in [0.5, 0.6) is 0 Å². The van der Waals surface area contributed by atoms with Crippen LogP contribution in [0.4, 0.5) is 14.9 Å². The lowest BCUT2D eigenvalue weighted by atomic mass is 10.1. The first-order valence-electron chi connectivity index (χ1n) is 6.67. The second kappa shape index (κ2) is 7.09. The third-order valence-electron chi connectivity index (χ3n) is 3.07. The van der Waals surface area contributed by atoms with Gasteiger partial charge in [0, 0.05) is 10.7 Å². The van der Waals surface area contributed by atoms with E-state index in [1.165, 1.54) is 12.1 Å². The molecule has 2 rings (SSSR count). The van der Waals surface area contributed by atoms with Gasteiger partial charge in [-0.3, -0.25) is 0 Å². The van der Waals surface area contributed by atoms with Crippen LogP contribution in [0, 0.1) is 5.82 Å². The zero-order chi connectivity index (χ0) is 15.2.